The molecule has 0 bridgehead atoms. The highest BCUT2D eigenvalue weighted by atomic mass is 32.2. The van der Waals surface area contributed by atoms with E-state index in [0.29, 0.717) is 5.37 Å². The van der Waals surface area contributed by atoms with Crippen molar-refractivity contribution < 1.29 is 0 Å². The molecule has 1 aliphatic heterocycles. The highest BCUT2D eigenvalue weighted by Crippen LogP contribution is 2.32. The van der Waals surface area contributed by atoms with Gasteiger partial charge in [-0.2, -0.15) is 0 Å². The van der Waals surface area contributed by atoms with E-state index in [9.17, 15) is 0 Å². The summed E-state index contributed by atoms with van der Waals surface area (Å²) >= 11 is 1.92. The summed E-state index contributed by atoms with van der Waals surface area (Å²) in [5.74, 6) is 1.18. The molecule has 1 saturated heterocycles. The van der Waals surface area contributed by atoms with Crippen molar-refractivity contribution in [3.63, 3.8) is 0 Å². The van der Waals surface area contributed by atoms with Crippen LogP contribution in [0.15, 0.2) is 24.3 Å². The highest BCUT2D eigenvalue weighted by molar-refractivity contribution is 7.99. The second-order valence-corrected chi connectivity index (χ2v) is 4.05. The smallest absolute Gasteiger partial charge is 0.0810 e. The van der Waals surface area contributed by atoms with Crippen molar-refractivity contribution in [2.24, 2.45) is 0 Å². The lowest BCUT2D eigenvalue weighted by Gasteiger charge is -2.11. The van der Waals surface area contributed by atoms with Crippen LogP contribution >= 0.6 is 11.8 Å². The summed E-state index contributed by atoms with van der Waals surface area (Å²) in [6.07, 6.45) is 0. The lowest BCUT2D eigenvalue weighted by molar-refractivity contribution is 0.752. The fourth-order valence-electron chi connectivity index (χ4n) is 1.38. The number of nitrogen functional groups attached to an aromatic ring is 1. The van der Waals surface area contributed by atoms with Gasteiger partial charge in [-0.15, -0.1) is 11.8 Å². The molecule has 1 atom stereocenters. The molecule has 0 aromatic heterocycles. The number of benzene rings is 1. The van der Waals surface area contributed by atoms with E-state index in [2.05, 4.69) is 11.4 Å². The Kier molecular flexibility index (Phi) is 2.23. The first kappa shape index (κ1) is 7.95. The van der Waals surface area contributed by atoms with Gasteiger partial charge in [0.2, 0.25) is 0 Å². The fraction of sp³-hybridized carbons (Fsp3) is 0.333. The summed E-state index contributed by atoms with van der Waals surface area (Å²) in [7, 11) is 0. The van der Waals surface area contributed by atoms with E-state index < -0.39 is 0 Å². The van der Waals surface area contributed by atoms with E-state index in [0.717, 1.165) is 12.2 Å². The summed E-state index contributed by atoms with van der Waals surface area (Å²) in [5.41, 5.74) is 7.96. The topological polar surface area (TPSA) is 38.0 Å². The predicted molar refractivity (Wildman–Crippen MR) is 54.1 cm³/mol. The van der Waals surface area contributed by atoms with Crippen LogP contribution in [0.3, 0.4) is 0 Å². The van der Waals surface area contributed by atoms with Gasteiger partial charge in [0, 0.05) is 23.5 Å². The molecule has 0 spiro atoms. The molecular formula is C9H12N2S. The zero-order valence-corrected chi connectivity index (χ0v) is 7.60. The van der Waals surface area contributed by atoms with Crippen molar-refractivity contribution in [2.45, 2.75) is 5.37 Å². The Morgan fingerprint density at radius 2 is 2.25 bits per heavy atom. The minimum Gasteiger partial charge on any atom is -0.398 e. The molecular weight excluding hydrogens is 168 g/mol. The molecule has 0 saturated carbocycles. The Hall–Kier alpha value is -0.670. The minimum atomic E-state index is 0.409. The Morgan fingerprint density at radius 1 is 1.42 bits per heavy atom. The van der Waals surface area contributed by atoms with E-state index in [1.165, 1.54) is 11.3 Å². The van der Waals surface area contributed by atoms with Gasteiger partial charge in [0.15, 0.2) is 0 Å². The van der Waals surface area contributed by atoms with Crippen LogP contribution in [-0.2, 0) is 0 Å². The molecule has 0 radical (unpaired) electrons. The van der Waals surface area contributed by atoms with Crippen molar-refractivity contribution in [2.75, 3.05) is 18.0 Å². The summed E-state index contributed by atoms with van der Waals surface area (Å²) in [6, 6.07) is 8.05. The second kappa shape index (κ2) is 3.37. The Balaban J connectivity index is 2.26. The molecule has 1 aromatic rings. The maximum Gasteiger partial charge on any atom is 0.0810 e. The van der Waals surface area contributed by atoms with E-state index in [4.69, 9.17) is 5.73 Å². The van der Waals surface area contributed by atoms with Crippen LogP contribution in [0.1, 0.15) is 10.9 Å². The molecule has 1 unspecified atom stereocenters. The predicted octanol–water partition coefficient (Wildman–Crippen LogP) is 1.60. The number of nitrogens with two attached hydrogens (primary N) is 1. The molecule has 0 aliphatic carbocycles. The van der Waals surface area contributed by atoms with Crippen molar-refractivity contribution in [1.82, 2.24) is 5.32 Å². The number of anilines is 1. The van der Waals surface area contributed by atoms with Crippen LogP contribution in [-0.4, -0.2) is 12.3 Å². The average Bonchev–Trinajstić information content (AvgIpc) is 2.57. The first-order valence-corrected chi connectivity index (χ1v) is 5.12. The largest absolute Gasteiger partial charge is 0.398 e. The molecule has 12 heavy (non-hydrogen) atoms. The van der Waals surface area contributed by atoms with Crippen LogP contribution in [0, 0.1) is 0 Å². The van der Waals surface area contributed by atoms with Gasteiger partial charge in [-0.05, 0) is 6.07 Å². The van der Waals surface area contributed by atoms with Gasteiger partial charge in [-0.3, -0.25) is 0 Å². The second-order valence-electron chi connectivity index (χ2n) is 2.83. The van der Waals surface area contributed by atoms with Gasteiger partial charge in [-0.25, -0.2) is 0 Å². The van der Waals surface area contributed by atoms with Gasteiger partial charge >= 0.3 is 0 Å². The summed E-state index contributed by atoms with van der Waals surface area (Å²) < 4.78 is 0. The molecule has 1 fully saturated rings. The molecule has 3 heteroatoms. The molecule has 2 rings (SSSR count). The SMILES string of the molecule is Nc1ccccc1C1NCCS1. The zero-order chi connectivity index (χ0) is 8.39. The van der Waals surface area contributed by atoms with Crippen molar-refractivity contribution in [3.05, 3.63) is 29.8 Å². The van der Waals surface area contributed by atoms with Gasteiger partial charge in [0.1, 0.15) is 0 Å². The lowest BCUT2D eigenvalue weighted by atomic mass is 10.2. The Labute approximate surface area is 76.5 Å². The maximum absolute atomic E-state index is 5.85. The number of thioether (sulfide) groups is 1. The third-order valence-electron chi connectivity index (χ3n) is 1.99. The first-order chi connectivity index (χ1) is 5.88. The number of hydrogen-bond donors (Lipinski definition) is 2. The van der Waals surface area contributed by atoms with Crippen LogP contribution in [0.25, 0.3) is 0 Å². The molecule has 3 N–H and O–H groups in total. The van der Waals surface area contributed by atoms with E-state index in [1.807, 2.05) is 30.0 Å². The van der Waals surface area contributed by atoms with Crippen molar-refractivity contribution in [3.8, 4) is 0 Å². The van der Waals surface area contributed by atoms with Crippen molar-refractivity contribution >= 4 is 17.4 Å². The van der Waals surface area contributed by atoms with Gasteiger partial charge in [-0.1, -0.05) is 18.2 Å². The number of para-hydroxylation sites is 1. The summed E-state index contributed by atoms with van der Waals surface area (Å²) in [6.45, 7) is 1.09. The molecule has 2 nitrogen and oxygen atoms in total. The van der Waals surface area contributed by atoms with Gasteiger partial charge < -0.3 is 11.1 Å². The third kappa shape index (κ3) is 1.42. The van der Waals surface area contributed by atoms with E-state index in [-0.39, 0.29) is 0 Å². The van der Waals surface area contributed by atoms with Crippen LogP contribution in [0.2, 0.25) is 0 Å². The molecule has 64 valence electrons. The zero-order valence-electron chi connectivity index (χ0n) is 6.79. The van der Waals surface area contributed by atoms with Gasteiger partial charge in [0.05, 0.1) is 5.37 Å². The monoisotopic (exact) mass is 180 g/mol. The van der Waals surface area contributed by atoms with Crippen LogP contribution < -0.4 is 11.1 Å². The molecule has 1 heterocycles. The van der Waals surface area contributed by atoms with Crippen LogP contribution in [0.4, 0.5) is 5.69 Å². The van der Waals surface area contributed by atoms with E-state index in [1.54, 1.807) is 0 Å². The molecule has 1 aromatic carbocycles. The lowest BCUT2D eigenvalue weighted by Crippen LogP contribution is -2.13. The quantitative estimate of drug-likeness (QED) is 0.645. The normalized spacial score (nSPS) is 22.8. The minimum absolute atomic E-state index is 0.409. The fourth-order valence-corrected chi connectivity index (χ4v) is 2.48. The first-order valence-electron chi connectivity index (χ1n) is 4.07. The van der Waals surface area contributed by atoms with E-state index >= 15 is 0 Å². The standard InChI is InChI=1S/C9H12N2S/c10-8-4-2-1-3-7(8)9-11-5-6-12-9/h1-4,9,11H,5-6,10H2. The number of nitrogens with one attached hydrogen (secondary N) is 1. The average molecular weight is 180 g/mol. The molecule has 1 aliphatic rings. The highest BCUT2D eigenvalue weighted by Gasteiger charge is 2.17. The Bertz CT molecular complexity index is 269. The number of hydrogen-bond acceptors (Lipinski definition) is 3. The van der Waals surface area contributed by atoms with Crippen molar-refractivity contribution in [1.29, 1.82) is 0 Å². The number of rotatable bonds is 1. The maximum atomic E-state index is 5.85. The third-order valence-corrected chi connectivity index (χ3v) is 3.19. The summed E-state index contributed by atoms with van der Waals surface area (Å²) in [5, 5.41) is 3.81. The Morgan fingerprint density at radius 3 is 2.92 bits per heavy atom. The summed E-state index contributed by atoms with van der Waals surface area (Å²) in [4.78, 5) is 0. The van der Waals surface area contributed by atoms with Crippen LogP contribution in [0.5, 0.6) is 0 Å². The molecule has 0 amide bonds. The van der Waals surface area contributed by atoms with Gasteiger partial charge in [0.25, 0.3) is 0 Å².